The van der Waals surface area contributed by atoms with Gasteiger partial charge in [-0.2, -0.15) is 0 Å². The number of nitrogens with one attached hydrogen (secondary N) is 1. The van der Waals surface area contributed by atoms with Crippen LogP contribution < -0.4 is 10.7 Å². The Hall–Kier alpha value is -2.70. The van der Waals surface area contributed by atoms with Crippen molar-refractivity contribution in [3.05, 3.63) is 91.5 Å². The minimum absolute atomic E-state index is 0.102. The predicted molar refractivity (Wildman–Crippen MR) is 130 cm³/mol. The van der Waals surface area contributed by atoms with E-state index >= 15 is 0 Å². The summed E-state index contributed by atoms with van der Waals surface area (Å²) in [6, 6.07) is 16.3. The molecule has 1 amide bonds. The molecule has 1 aliphatic heterocycles. The quantitative estimate of drug-likeness (QED) is 0.588. The summed E-state index contributed by atoms with van der Waals surface area (Å²) < 4.78 is 2.12. The van der Waals surface area contributed by atoms with Gasteiger partial charge in [-0.1, -0.05) is 43.3 Å². The maximum Gasteiger partial charge on any atom is 0.257 e. The van der Waals surface area contributed by atoms with Crippen molar-refractivity contribution in [3.8, 4) is 0 Å². The molecule has 1 saturated heterocycles. The molecular formula is C26H31N3O2S. The van der Waals surface area contributed by atoms with E-state index in [1.165, 1.54) is 10.4 Å². The number of hydrogen-bond acceptors (Lipinski definition) is 4. The third-order valence-corrected chi connectivity index (χ3v) is 7.12. The van der Waals surface area contributed by atoms with Crippen molar-refractivity contribution in [2.75, 3.05) is 13.1 Å². The number of likely N-dealkylation sites (tertiary alicyclic amines) is 1. The molecule has 6 heteroatoms. The molecule has 0 bridgehead atoms. The van der Waals surface area contributed by atoms with Crippen LogP contribution in [0.4, 0.5) is 0 Å². The van der Waals surface area contributed by atoms with Gasteiger partial charge in [-0.15, -0.1) is 11.3 Å². The van der Waals surface area contributed by atoms with Gasteiger partial charge in [-0.05, 0) is 43.2 Å². The number of carbonyl (C=O) groups excluding carboxylic acids is 1. The van der Waals surface area contributed by atoms with Crippen LogP contribution in [-0.2, 0) is 19.5 Å². The molecule has 0 radical (unpaired) electrons. The first kappa shape index (κ1) is 22.5. The fourth-order valence-corrected chi connectivity index (χ4v) is 5.25. The Kier molecular flexibility index (Phi) is 7.22. The highest BCUT2D eigenvalue weighted by Crippen LogP contribution is 2.18. The van der Waals surface area contributed by atoms with Gasteiger partial charge >= 0.3 is 0 Å². The highest BCUT2D eigenvalue weighted by atomic mass is 32.1. The van der Waals surface area contributed by atoms with Crippen LogP contribution in [0.3, 0.4) is 0 Å². The number of aryl methyl sites for hydroxylation is 1. The number of nitrogens with zero attached hydrogens (tertiary/aromatic N) is 2. The van der Waals surface area contributed by atoms with Crippen molar-refractivity contribution in [1.29, 1.82) is 0 Å². The largest absolute Gasteiger partial charge is 0.349 e. The van der Waals surface area contributed by atoms with Crippen molar-refractivity contribution < 1.29 is 4.79 Å². The Bertz CT molecular complexity index is 1100. The molecule has 1 aliphatic rings. The number of thiophene rings is 1. The Morgan fingerprint density at radius 3 is 2.50 bits per heavy atom. The lowest BCUT2D eigenvalue weighted by atomic mass is 10.0. The van der Waals surface area contributed by atoms with Crippen molar-refractivity contribution >= 4 is 17.2 Å². The van der Waals surface area contributed by atoms with E-state index in [0.717, 1.165) is 43.9 Å². The monoisotopic (exact) mass is 449 g/mol. The average Bonchev–Trinajstić information content (AvgIpc) is 3.30. The van der Waals surface area contributed by atoms with Gasteiger partial charge in [0, 0.05) is 48.0 Å². The molecule has 1 fully saturated rings. The van der Waals surface area contributed by atoms with Gasteiger partial charge in [0.25, 0.3) is 5.91 Å². The van der Waals surface area contributed by atoms with Gasteiger partial charge < -0.3 is 9.88 Å². The molecule has 0 saturated carbocycles. The minimum Gasteiger partial charge on any atom is -0.349 e. The second kappa shape index (κ2) is 10.3. The lowest BCUT2D eigenvalue weighted by Crippen LogP contribution is -2.45. The second-order valence-electron chi connectivity index (χ2n) is 8.50. The van der Waals surface area contributed by atoms with Crippen LogP contribution in [0.1, 0.15) is 52.0 Å². The summed E-state index contributed by atoms with van der Waals surface area (Å²) in [7, 11) is 0. The average molecular weight is 450 g/mol. The number of piperidine rings is 1. The minimum atomic E-state index is -0.228. The lowest BCUT2D eigenvalue weighted by Gasteiger charge is -2.32. The molecule has 0 unspecified atom stereocenters. The first-order valence-electron chi connectivity index (χ1n) is 11.4. The van der Waals surface area contributed by atoms with Crippen molar-refractivity contribution in [1.82, 2.24) is 14.8 Å². The van der Waals surface area contributed by atoms with Gasteiger partial charge in [0.05, 0.1) is 6.54 Å². The topological polar surface area (TPSA) is 54.3 Å². The molecule has 5 nitrogen and oxygen atoms in total. The van der Waals surface area contributed by atoms with E-state index in [0.29, 0.717) is 18.5 Å². The zero-order chi connectivity index (χ0) is 22.5. The number of pyridine rings is 1. The second-order valence-corrected chi connectivity index (χ2v) is 9.53. The molecule has 0 atom stereocenters. The number of aromatic nitrogens is 1. The Morgan fingerprint density at radius 1 is 1.09 bits per heavy atom. The zero-order valence-corrected chi connectivity index (χ0v) is 19.7. The first-order chi connectivity index (χ1) is 15.5. The van der Waals surface area contributed by atoms with Crippen LogP contribution in [0.5, 0.6) is 0 Å². The van der Waals surface area contributed by atoms with Gasteiger partial charge in [-0.3, -0.25) is 14.5 Å². The molecule has 0 aliphatic carbocycles. The molecule has 0 spiro atoms. The molecule has 3 heterocycles. The van der Waals surface area contributed by atoms with Gasteiger partial charge in [0.1, 0.15) is 5.56 Å². The van der Waals surface area contributed by atoms with Crippen LogP contribution in [0, 0.1) is 6.92 Å². The number of hydrogen-bond donors (Lipinski definition) is 1. The summed E-state index contributed by atoms with van der Waals surface area (Å²) in [5, 5.41) is 5.22. The van der Waals surface area contributed by atoms with Crippen LogP contribution >= 0.6 is 11.3 Å². The van der Waals surface area contributed by atoms with E-state index in [1.54, 1.807) is 17.4 Å². The smallest absolute Gasteiger partial charge is 0.257 e. The summed E-state index contributed by atoms with van der Waals surface area (Å²) in [5.74, 6) is -0.228. The Morgan fingerprint density at radius 2 is 1.84 bits per heavy atom. The molecule has 3 aromatic rings. The van der Waals surface area contributed by atoms with Crippen molar-refractivity contribution in [2.45, 2.75) is 52.2 Å². The summed E-state index contributed by atoms with van der Waals surface area (Å²) in [5.41, 5.74) is 3.16. The molecule has 1 aromatic carbocycles. The van der Waals surface area contributed by atoms with Crippen LogP contribution in [0.2, 0.25) is 0 Å². The first-order valence-corrected chi connectivity index (χ1v) is 12.3. The van der Waals surface area contributed by atoms with Crippen LogP contribution in [0.15, 0.2) is 58.7 Å². The summed E-state index contributed by atoms with van der Waals surface area (Å²) in [4.78, 5) is 29.7. The number of benzene rings is 1. The summed E-state index contributed by atoms with van der Waals surface area (Å²) >= 11 is 1.69. The highest BCUT2D eigenvalue weighted by Gasteiger charge is 2.25. The molecule has 2 aromatic heterocycles. The van der Waals surface area contributed by atoms with E-state index < -0.39 is 0 Å². The molecular weight excluding hydrogens is 418 g/mol. The van der Waals surface area contributed by atoms with E-state index in [9.17, 15) is 9.59 Å². The Balaban J connectivity index is 1.45. The maximum atomic E-state index is 13.2. The lowest BCUT2D eigenvalue weighted by molar-refractivity contribution is 0.0906. The zero-order valence-electron chi connectivity index (χ0n) is 18.8. The molecule has 4 rings (SSSR count). The fraction of sp³-hybridized carbons (Fsp3) is 0.385. The van der Waals surface area contributed by atoms with E-state index in [-0.39, 0.29) is 17.4 Å². The molecule has 32 heavy (non-hydrogen) atoms. The highest BCUT2D eigenvalue weighted by molar-refractivity contribution is 7.09. The van der Waals surface area contributed by atoms with Gasteiger partial charge in [0.2, 0.25) is 0 Å². The third kappa shape index (κ3) is 5.19. The van der Waals surface area contributed by atoms with E-state index in [1.807, 2.05) is 26.0 Å². The maximum absolute atomic E-state index is 13.2. The number of amides is 1. The van der Waals surface area contributed by atoms with Gasteiger partial charge in [-0.25, -0.2) is 0 Å². The summed E-state index contributed by atoms with van der Waals surface area (Å²) in [6.07, 6.45) is 2.44. The van der Waals surface area contributed by atoms with E-state index in [2.05, 4.69) is 50.5 Å². The van der Waals surface area contributed by atoms with Crippen molar-refractivity contribution in [2.24, 2.45) is 0 Å². The van der Waals surface area contributed by atoms with Gasteiger partial charge in [0.15, 0.2) is 5.43 Å². The standard InChI is InChI=1S/C26H31N3O2S/c1-3-23-25(24(30)16-19(2)29(23)18-22-10-7-15-32-22)26(31)27-21-11-13-28(14-12-21)17-20-8-5-4-6-9-20/h4-10,15-16,21H,3,11-14,17-18H2,1-2H3,(H,27,31). The molecule has 168 valence electrons. The summed E-state index contributed by atoms with van der Waals surface area (Å²) in [6.45, 7) is 7.46. The third-order valence-electron chi connectivity index (χ3n) is 6.25. The number of rotatable bonds is 7. The Labute approximate surface area is 193 Å². The van der Waals surface area contributed by atoms with Crippen LogP contribution in [-0.4, -0.2) is 34.5 Å². The SMILES string of the molecule is CCc1c(C(=O)NC2CCN(Cc3ccccc3)CC2)c(=O)cc(C)n1Cc1cccs1. The fourth-order valence-electron chi connectivity index (χ4n) is 4.55. The number of carbonyl (C=O) groups is 1. The van der Waals surface area contributed by atoms with E-state index in [4.69, 9.17) is 0 Å². The predicted octanol–water partition coefficient (Wildman–Crippen LogP) is 4.22. The molecule has 1 N–H and O–H groups in total. The van der Waals surface area contributed by atoms with Crippen molar-refractivity contribution in [3.63, 3.8) is 0 Å². The normalized spacial score (nSPS) is 15.1. The van der Waals surface area contributed by atoms with Crippen LogP contribution in [0.25, 0.3) is 0 Å².